The highest BCUT2D eigenvalue weighted by Crippen LogP contribution is 2.26. The maximum Gasteiger partial charge on any atom is 0.408 e. The molecule has 0 aliphatic heterocycles. The van der Waals surface area contributed by atoms with Crippen LogP contribution in [0, 0.1) is 5.92 Å². The van der Waals surface area contributed by atoms with E-state index in [-0.39, 0.29) is 12.5 Å². The molecule has 9 nitrogen and oxygen atoms in total. The molecule has 0 aliphatic carbocycles. The van der Waals surface area contributed by atoms with Crippen molar-refractivity contribution in [3.63, 3.8) is 0 Å². The van der Waals surface area contributed by atoms with Gasteiger partial charge in [-0.25, -0.2) is 4.79 Å². The summed E-state index contributed by atoms with van der Waals surface area (Å²) < 4.78 is 10.1. The Bertz CT molecular complexity index is 988. The van der Waals surface area contributed by atoms with Crippen molar-refractivity contribution < 1.29 is 28.7 Å². The molecule has 0 saturated heterocycles. The summed E-state index contributed by atoms with van der Waals surface area (Å²) in [5.74, 6) is -1.75. The van der Waals surface area contributed by atoms with Crippen molar-refractivity contribution in [1.82, 2.24) is 15.5 Å². The van der Waals surface area contributed by atoms with Gasteiger partial charge in [-0.3, -0.25) is 14.4 Å². The third-order valence-electron chi connectivity index (χ3n) is 6.59. The van der Waals surface area contributed by atoms with E-state index in [0.29, 0.717) is 24.9 Å². The molecule has 9 heteroatoms. The Morgan fingerprint density at radius 2 is 1.75 bits per heavy atom. The van der Waals surface area contributed by atoms with Crippen molar-refractivity contribution in [3.8, 4) is 0 Å². The normalized spacial score (nSPS) is 13.4. The van der Waals surface area contributed by atoms with E-state index in [1.807, 2.05) is 19.9 Å². The van der Waals surface area contributed by atoms with E-state index in [1.54, 1.807) is 45.0 Å². The van der Waals surface area contributed by atoms with Gasteiger partial charge in [0.1, 0.15) is 24.2 Å². The SMILES string of the molecule is C=Cc1cccc(C(C(=O)NCC(=O)OC)N(CCCCCCC)C(=O)C(NC(=O)OC(C)(C)C)C(C)CC)c1. The average molecular weight is 560 g/mol. The largest absolute Gasteiger partial charge is 0.468 e. The third kappa shape index (κ3) is 11.8. The molecule has 0 heterocycles. The zero-order valence-electron chi connectivity index (χ0n) is 25.4. The summed E-state index contributed by atoms with van der Waals surface area (Å²) in [5, 5.41) is 5.39. The van der Waals surface area contributed by atoms with E-state index in [2.05, 4.69) is 24.1 Å². The molecule has 0 radical (unpaired) electrons. The van der Waals surface area contributed by atoms with Crippen LogP contribution in [0.15, 0.2) is 30.8 Å². The van der Waals surface area contributed by atoms with Crippen LogP contribution in [-0.4, -0.2) is 60.6 Å². The molecule has 3 atom stereocenters. The van der Waals surface area contributed by atoms with Crippen LogP contribution < -0.4 is 10.6 Å². The number of nitrogens with one attached hydrogen (secondary N) is 2. The van der Waals surface area contributed by atoms with Crippen molar-refractivity contribution in [2.45, 2.75) is 97.8 Å². The Morgan fingerprint density at radius 3 is 2.33 bits per heavy atom. The van der Waals surface area contributed by atoms with Gasteiger partial charge in [0.25, 0.3) is 0 Å². The molecular weight excluding hydrogens is 510 g/mol. The van der Waals surface area contributed by atoms with Crippen molar-refractivity contribution in [3.05, 3.63) is 42.0 Å². The minimum Gasteiger partial charge on any atom is -0.468 e. The summed E-state index contributed by atoms with van der Waals surface area (Å²) in [6.07, 6.45) is 6.29. The number of rotatable bonds is 16. The summed E-state index contributed by atoms with van der Waals surface area (Å²) in [4.78, 5) is 54.1. The van der Waals surface area contributed by atoms with E-state index in [9.17, 15) is 19.2 Å². The Balaban J connectivity index is 3.56. The number of amides is 3. The van der Waals surface area contributed by atoms with E-state index in [1.165, 1.54) is 12.0 Å². The van der Waals surface area contributed by atoms with Crippen LogP contribution >= 0.6 is 0 Å². The summed E-state index contributed by atoms with van der Waals surface area (Å²) in [6.45, 7) is 15.0. The first-order valence-electron chi connectivity index (χ1n) is 14.2. The van der Waals surface area contributed by atoms with E-state index >= 15 is 0 Å². The molecule has 1 aromatic carbocycles. The lowest BCUT2D eigenvalue weighted by Gasteiger charge is -2.36. The number of carbonyl (C=O) groups excluding carboxylic acids is 4. The first kappa shape index (κ1) is 34.7. The highest BCUT2D eigenvalue weighted by Gasteiger charge is 2.38. The first-order chi connectivity index (χ1) is 18.9. The van der Waals surface area contributed by atoms with Gasteiger partial charge in [0.05, 0.1) is 7.11 Å². The van der Waals surface area contributed by atoms with Crippen molar-refractivity contribution in [2.75, 3.05) is 20.2 Å². The summed E-state index contributed by atoms with van der Waals surface area (Å²) in [5.41, 5.74) is 0.610. The van der Waals surface area contributed by atoms with Crippen LogP contribution in [0.5, 0.6) is 0 Å². The Hall–Kier alpha value is -3.36. The van der Waals surface area contributed by atoms with Gasteiger partial charge in [0.15, 0.2) is 0 Å². The van der Waals surface area contributed by atoms with E-state index < -0.39 is 41.6 Å². The van der Waals surface area contributed by atoms with Crippen LogP contribution in [0.2, 0.25) is 0 Å². The van der Waals surface area contributed by atoms with Gasteiger partial charge in [0.2, 0.25) is 11.8 Å². The number of hydrogen-bond donors (Lipinski definition) is 2. The minimum atomic E-state index is -1.05. The maximum absolute atomic E-state index is 14.3. The Labute approximate surface area is 240 Å². The summed E-state index contributed by atoms with van der Waals surface area (Å²) in [7, 11) is 1.24. The fourth-order valence-electron chi connectivity index (χ4n) is 4.21. The number of ether oxygens (including phenoxy) is 2. The minimum absolute atomic E-state index is 0.235. The Morgan fingerprint density at radius 1 is 1.07 bits per heavy atom. The third-order valence-corrected chi connectivity index (χ3v) is 6.59. The number of carbonyl (C=O) groups is 4. The fourth-order valence-corrected chi connectivity index (χ4v) is 4.21. The second-order valence-electron chi connectivity index (χ2n) is 11.0. The zero-order chi connectivity index (χ0) is 30.3. The number of nitrogens with zero attached hydrogens (tertiary/aromatic N) is 1. The molecule has 1 aromatic rings. The molecule has 0 aromatic heterocycles. The van der Waals surface area contributed by atoms with Gasteiger partial charge < -0.3 is 25.0 Å². The van der Waals surface area contributed by atoms with Gasteiger partial charge in [0, 0.05) is 6.54 Å². The fraction of sp³-hybridized carbons (Fsp3) is 0.613. The first-order valence-corrected chi connectivity index (χ1v) is 14.2. The maximum atomic E-state index is 14.3. The second kappa shape index (κ2) is 17.4. The average Bonchev–Trinajstić information content (AvgIpc) is 2.91. The van der Waals surface area contributed by atoms with E-state index in [0.717, 1.165) is 31.2 Å². The number of hydrogen-bond acceptors (Lipinski definition) is 6. The standard InChI is InChI=1S/C31H49N3O6/c1-9-12-13-14-15-19-34(29(37)26(22(4)10-2)33-30(38)40-31(5,6)7)27(28(36)32-21-25(35)39-8)24-18-16-17-23(11-3)20-24/h11,16-18,20,22,26-27H,3,9-10,12-15,19,21H2,1-2,4-8H3,(H,32,36)(H,33,38). The lowest BCUT2D eigenvalue weighted by atomic mass is 9.95. The topological polar surface area (TPSA) is 114 Å². The van der Waals surface area contributed by atoms with Crippen molar-refractivity contribution >= 4 is 30.0 Å². The molecule has 40 heavy (non-hydrogen) atoms. The van der Waals surface area contributed by atoms with Gasteiger partial charge in [-0.2, -0.15) is 0 Å². The predicted octanol–water partition coefficient (Wildman–Crippen LogP) is 5.40. The molecular formula is C31H49N3O6. The van der Waals surface area contributed by atoms with Crippen LogP contribution in [0.4, 0.5) is 4.79 Å². The number of alkyl carbamates (subject to hydrolysis) is 1. The smallest absolute Gasteiger partial charge is 0.408 e. The van der Waals surface area contributed by atoms with E-state index in [4.69, 9.17) is 9.47 Å². The lowest BCUT2D eigenvalue weighted by Crippen LogP contribution is -2.55. The molecule has 3 amide bonds. The highest BCUT2D eigenvalue weighted by atomic mass is 16.6. The zero-order valence-corrected chi connectivity index (χ0v) is 25.4. The van der Waals surface area contributed by atoms with Crippen LogP contribution in [-0.2, 0) is 23.9 Å². The molecule has 2 N–H and O–H groups in total. The number of methoxy groups -OCH3 is 1. The van der Waals surface area contributed by atoms with Gasteiger partial charge in [-0.05, 0) is 50.3 Å². The number of esters is 1. The molecule has 0 fully saturated rings. The molecule has 0 aliphatic rings. The molecule has 3 unspecified atom stereocenters. The monoisotopic (exact) mass is 559 g/mol. The van der Waals surface area contributed by atoms with Crippen LogP contribution in [0.3, 0.4) is 0 Å². The lowest BCUT2D eigenvalue weighted by molar-refractivity contribution is -0.145. The van der Waals surface area contributed by atoms with Crippen LogP contribution in [0.1, 0.15) is 97.2 Å². The molecule has 0 bridgehead atoms. The predicted molar refractivity (Wildman–Crippen MR) is 157 cm³/mol. The highest BCUT2D eigenvalue weighted by molar-refractivity contribution is 5.93. The van der Waals surface area contributed by atoms with Gasteiger partial charge in [-0.1, -0.05) is 83.7 Å². The quantitative estimate of drug-likeness (QED) is 0.207. The second-order valence-corrected chi connectivity index (χ2v) is 11.0. The molecule has 0 spiro atoms. The van der Waals surface area contributed by atoms with Crippen molar-refractivity contribution in [2.24, 2.45) is 5.92 Å². The number of unbranched alkanes of at least 4 members (excludes halogenated alkanes) is 4. The summed E-state index contributed by atoms with van der Waals surface area (Å²) in [6, 6.07) is 5.24. The van der Waals surface area contributed by atoms with Crippen molar-refractivity contribution in [1.29, 1.82) is 0 Å². The van der Waals surface area contributed by atoms with Gasteiger partial charge >= 0.3 is 12.1 Å². The Kier molecular flexibility index (Phi) is 15.0. The molecule has 1 rings (SSSR count). The summed E-state index contributed by atoms with van der Waals surface area (Å²) >= 11 is 0. The number of benzene rings is 1. The molecule has 0 saturated carbocycles. The van der Waals surface area contributed by atoms with Crippen LogP contribution in [0.25, 0.3) is 6.08 Å². The van der Waals surface area contributed by atoms with Gasteiger partial charge in [-0.15, -0.1) is 0 Å². The molecule has 224 valence electrons.